The Morgan fingerprint density at radius 3 is 2.61 bits per heavy atom. The molecule has 5 nitrogen and oxygen atoms in total. The van der Waals surface area contributed by atoms with Gasteiger partial charge >= 0.3 is 0 Å². The summed E-state index contributed by atoms with van der Waals surface area (Å²) in [5.74, 6) is 0.304. The Balaban J connectivity index is 2.21. The fourth-order valence-corrected chi connectivity index (χ4v) is 2.67. The van der Waals surface area contributed by atoms with E-state index >= 15 is 0 Å². The van der Waals surface area contributed by atoms with Crippen LogP contribution in [0.15, 0.2) is 52.0 Å². The van der Waals surface area contributed by atoms with E-state index in [1.165, 1.54) is 18.2 Å². The molecule has 0 spiro atoms. The zero-order chi connectivity index (χ0) is 16.8. The second kappa shape index (κ2) is 8.07. The Labute approximate surface area is 145 Å². The maximum atomic E-state index is 13.3. The van der Waals surface area contributed by atoms with Crippen LogP contribution < -0.4 is 5.43 Å². The minimum Gasteiger partial charge on any atom is -0.278 e. The van der Waals surface area contributed by atoms with Crippen molar-refractivity contribution in [3.05, 3.63) is 68.4 Å². The predicted octanol–water partition coefficient (Wildman–Crippen LogP) is 4.68. The molecule has 0 atom stereocenters. The summed E-state index contributed by atoms with van der Waals surface area (Å²) in [5, 5.41) is 15.0. The Hall–Kier alpha value is -1.93. The van der Waals surface area contributed by atoms with Crippen LogP contribution in [0.25, 0.3) is 0 Å². The van der Waals surface area contributed by atoms with Crippen molar-refractivity contribution in [2.75, 3.05) is 17.4 Å². The van der Waals surface area contributed by atoms with Crippen LogP contribution in [-0.4, -0.2) is 22.6 Å². The Morgan fingerprint density at radius 2 is 2.04 bits per heavy atom. The Kier molecular flexibility index (Phi) is 6.12. The van der Waals surface area contributed by atoms with Gasteiger partial charge in [0.2, 0.25) is 0 Å². The van der Waals surface area contributed by atoms with E-state index < -0.39 is 4.92 Å². The summed E-state index contributed by atoms with van der Waals surface area (Å²) in [6.07, 6.45) is 1.94. The fraction of sp³-hybridized carbons (Fsp3) is 0.133. The van der Waals surface area contributed by atoms with Crippen molar-refractivity contribution in [2.24, 2.45) is 5.10 Å². The van der Waals surface area contributed by atoms with Crippen LogP contribution >= 0.6 is 27.7 Å². The number of nitro groups is 1. The third-order valence-electron chi connectivity index (χ3n) is 2.93. The first kappa shape index (κ1) is 17.4. The molecule has 0 bridgehead atoms. The fourth-order valence-electron chi connectivity index (χ4n) is 1.78. The van der Waals surface area contributed by atoms with Crippen molar-refractivity contribution >= 4 is 44.8 Å². The molecule has 120 valence electrons. The highest BCUT2D eigenvalue weighted by Crippen LogP contribution is 2.19. The molecule has 0 unspecified atom stereocenters. The third-order valence-corrected chi connectivity index (χ3v) is 4.10. The molecule has 0 aliphatic carbocycles. The van der Waals surface area contributed by atoms with E-state index in [9.17, 15) is 14.5 Å². The zero-order valence-corrected chi connectivity index (χ0v) is 14.5. The van der Waals surface area contributed by atoms with Crippen LogP contribution in [0.1, 0.15) is 5.56 Å². The van der Waals surface area contributed by atoms with Crippen LogP contribution in [0.5, 0.6) is 0 Å². The molecule has 0 heterocycles. The monoisotopic (exact) mass is 397 g/mol. The highest BCUT2D eigenvalue weighted by atomic mass is 79.9. The molecule has 0 aromatic heterocycles. The molecule has 8 heteroatoms. The van der Waals surface area contributed by atoms with Crippen molar-refractivity contribution in [1.82, 2.24) is 0 Å². The van der Waals surface area contributed by atoms with Gasteiger partial charge in [-0.2, -0.15) is 16.9 Å². The number of halogens is 2. The second-order valence-electron chi connectivity index (χ2n) is 4.54. The normalized spacial score (nSPS) is 11.3. The molecule has 2 aromatic rings. The summed E-state index contributed by atoms with van der Waals surface area (Å²) in [7, 11) is 0. The van der Waals surface area contributed by atoms with Gasteiger partial charge < -0.3 is 0 Å². The lowest BCUT2D eigenvalue weighted by molar-refractivity contribution is -0.384. The van der Waals surface area contributed by atoms with Gasteiger partial charge in [-0.15, -0.1) is 0 Å². The SMILES string of the molecule is CSCC(=NNc1ccc([N+](=O)[O-])cc1)c1ccc(F)c(Br)c1. The zero-order valence-electron chi connectivity index (χ0n) is 12.1. The van der Waals surface area contributed by atoms with Gasteiger partial charge in [0.05, 0.1) is 20.8 Å². The lowest BCUT2D eigenvalue weighted by Crippen LogP contribution is -2.08. The molecule has 0 saturated heterocycles. The van der Waals surface area contributed by atoms with E-state index in [0.29, 0.717) is 15.9 Å². The highest BCUT2D eigenvalue weighted by Gasteiger charge is 2.08. The number of nitrogens with one attached hydrogen (secondary N) is 1. The second-order valence-corrected chi connectivity index (χ2v) is 6.26. The highest BCUT2D eigenvalue weighted by molar-refractivity contribution is 9.10. The average molecular weight is 398 g/mol. The number of hydrogen-bond donors (Lipinski definition) is 1. The molecule has 2 aromatic carbocycles. The first-order chi connectivity index (χ1) is 11.0. The summed E-state index contributed by atoms with van der Waals surface area (Å²) in [4.78, 5) is 10.2. The van der Waals surface area contributed by atoms with Crippen LogP contribution in [0, 0.1) is 15.9 Å². The maximum absolute atomic E-state index is 13.3. The summed E-state index contributed by atoms with van der Waals surface area (Å²) in [5.41, 5.74) is 5.07. The van der Waals surface area contributed by atoms with Crippen molar-refractivity contribution in [3.63, 3.8) is 0 Å². The van der Waals surface area contributed by atoms with Crippen molar-refractivity contribution < 1.29 is 9.31 Å². The van der Waals surface area contributed by atoms with Crippen LogP contribution in [0.2, 0.25) is 0 Å². The van der Waals surface area contributed by atoms with E-state index in [4.69, 9.17) is 0 Å². The molecule has 23 heavy (non-hydrogen) atoms. The van der Waals surface area contributed by atoms with Gasteiger partial charge in [-0.3, -0.25) is 15.5 Å². The standard InChI is InChI=1S/C15H13BrFN3O2S/c1-23-9-15(10-2-7-14(17)13(16)8-10)19-18-11-3-5-12(6-4-11)20(21)22/h2-8,18H,9H2,1H3. The van der Waals surface area contributed by atoms with E-state index in [2.05, 4.69) is 26.5 Å². The number of nitro benzene ring substituents is 1. The van der Waals surface area contributed by atoms with Gasteiger partial charge in [-0.25, -0.2) is 4.39 Å². The number of nitrogens with zero attached hydrogens (tertiary/aromatic N) is 2. The summed E-state index contributed by atoms with van der Waals surface area (Å²) in [6, 6.07) is 10.7. The molecule has 0 amide bonds. The summed E-state index contributed by atoms with van der Waals surface area (Å²) < 4.78 is 13.7. The first-order valence-electron chi connectivity index (χ1n) is 6.52. The van der Waals surface area contributed by atoms with Crippen LogP contribution in [-0.2, 0) is 0 Å². The third kappa shape index (κ3) is 4.77. The van der Waals surface area contributed by atoms with E-state index in [-0.39, 0.29) is 11.5 Å². The smallest absolute Gasteiger partial charge is 0.269 e. The number of hydrazone groups is 1. The topological polar surface area (TPSA) is 67.5 Å². The number of rotatable bonds is 6. The lowest BCUT2D eigenvalue weighted by Gasteiger charge is -2.08. The predicted molar refractivity (Wildman–Crippen MR) is 95.7 cm³/mol. The van der Waals surface area contributed by atoms with E-state index in [1.807, 2.05) is 6.26 Å². The van der Waals surface area contributed by atoms with Gasteiger partial charge in [0.25, 0.3) is 5.69 Å². The minimum atomic E-state index is -0.456. The Bertz CT molecular complexity index is 738. The average Bonchev–Trinajstić information content (AvgIpc) is 2.54. The molecule has 0 radical (unpaired) electrons. The number of hydrogen-bond acceptors (Lipinski definition) is 5. The molecule has 0 aliphatic heterocycles. The van der Waals surface area contributed by atoms with Gasteiger partial charge in [0.1, 0.15) is 5.82 Å². The van der Waals surface area contributed by atoms with Crippen LogP contribution in [0.4, 0.5) is 15.8 Å². The molecule has 1 N–H and O–H groups in total. The molecular weight excluding hydrogens is 385 g/mol. The van der Waals surface area contributed by atoms with E-state index in [0.717, 1.165) is 11.3 Å². The number of anilines is 1. The summed E-state index contributed by atoms with van der Waals surface area (Å²) in [6.45, 7) is 0. The molecule has 0 saturated carbocycles. The van der Waals surface area contributed by atoms with Gasteiger partial charge in [-0.05, 0) is 52.0 Å². The van der Waals surface area contributed by atoms with Crippen molar-refractivity contribution in [3.8, 4) is 0 Å². The minimum absolute atomic E-state index is 0.0198. The quantitative estimate of drug-likeness (QED) is 0.436. The largest absolute Gasteiger partial charge is 0.278 e. The van der Waals surface area contributed by atoms with Crippen LogP contribution in [0.3, 0.4) is 0 Å². The molecule has 0 fully saturated rings. The summed E-state index contributed by atoms with van der Waals surface area (Å²) >= 11 is 4.75. The number of non-ortho nitro benzene ring substituents is 1. The first-order valence-corrected chi connectivity index (χ1v) is 8.71. The van der Waals surface area contributed by atoms with Crippen molar-refractivity contribution in [1.29, 1.82) is 0 Å². The lowest BCUT2D eigenvalue weighted by atomic mass is 10.1. The molecule has 2 rings (SSSR count). The van der Waals surface area contributed by atoms with E-state index in [1.54, 1.807) is 36.0 Å². The Morgan fingerprint density at radius 1 is 1.35 bits per heavy atom. The molecular formula is C15H13BrFN3O2S. The molecule has 0 aliphatic rings. The van der Waals surface area contributed by atoms with Gasteiger partial charge in [-0.1, -0.05) is 6.07 Å². The maximum Gasteiger partial charge on any atom is 0.269 e. The van der Waals surface area contributed by atoms with Gasteiger partial charge in [0.15, 0.2) is 0 Å². The van der Waals surface area contributed by atoms with Gasteiger partial charge in [0, 0.05) is 17.9 Å². The van der Waals surface area contributed by atoms with Crippen molar-refractivity contribution in [2.45, 2.75) is 0 Å². The number of benzene rings is 2. The number of thioether (sulfide) groups is 1.